The van der Waals surface area contributed by atoms with E-state index in [9.17, 15) is 0 Å². The smallest absolute Gasteiger partial charge is 0.0591 e. The Bertz CT molecular complexity index is 366. The summed E-state index contributed by atoms with van der Waals surface area (Å²) in [6.07, 6.45) is 3.23. The van der Waals surface area contributed by atoms with Crippen molar-refractivity contribution in [2.45, 2.75) is 33.1 Å². The summed E-state index contributed by atoms with van der Waals surface area (Å²) in [6, 6.07) is 6.83. The highest BCUT2D eigenvalue weighted by Gasteiger charge is 2.01. The van der Waals surface area contributed by atoms with Gasteiger partial charge >= 0.3 is 0 Å². The average molecular weight is 279 g/mol. The normalized spacial score (nSPS) is 10.9. The summed E-state index contributed by atoms with van der Waals surface area (Å²) in [6.45, 7) is 8.52. The molecule has 0 amide bonds. The maximum atomic E-state index is 5.64. The van der Waals surface area contributed by atoms with E-state index in [0.29, 0.717) is 0 Å². The van der Waals surface area contributed by atoms with Crippen LogP contribution in [0.15, 0.2) is 18.2 Å². The van der Waals surface area contributed by atoms with E-state index in [1.165, 1.54) is 16.7 Å². The van der Waals surface area contributed by atoms with E-state index in [2.05, 4.69) is 37.4 Å². The Kier molecular flexibility index (Phi) is 9.29. The molecule has 0 aliphatic heterocycles. The van der Waals surface area contributed by atoms with E-state index in [1.807, 2.05) is 0 Å². The van der Waals surface area contributed by atoms with E-state index < -0.39 is 0 Å². The number of methoxy groups -OCH3 is 1. The lowest BCUT2D eigenvalue weighted by atomic mass is 9.99. The maximum absolute atomic E-state index is 5.64. The van der Waals surface area contributed by atoms with Gasteiger partial charge in [-0.1, -0.05) is 32.0 Å². The predicted molar refractivity (Wildman–Crippen MR) is 84.5 cm³/mol. The monoisotopic (exact) mass is 279 g/mol. The molecule has 1 N–H and O–H groups in total. The molecule has 1 aromatic rings. The standard InChI is InChI=1S/C17H29NO2/c1-4-16-7-6-15(14-17(16)5-2)8-11-20-13-10-18-9-12-19-3/h6-7,14,18H,4-5,8-13H2,1-3H3. The van der Waals surface area contributed by atoms with Crippen molar-refractivity contribution in [3.63, 3.8) is 0 Å². The first-order chi connectivity index (χ1) is 9.81. The molecule has 0 bridgehead atoms. The molecule has 3 heteroatoms. The first-order valence-electron chi connectivity index (χ1n) is 7.69. The second kappa shape index (κ2) is 10.8. The van der Waals surface area contributed by atoms with Crippen molar-refractivity contribution in [2.24, 2.45) is 0 Å². The molecule has 114 valence electrons. The minimum Gasteiger partial charge on any atom is -0.383 e. The minimum atomic E-state index is 0.754. The van der Waals surface area contributed by atoms with Crippen molar-refractivity contribution >= 4 is 0 Å². The molecule has 1 rings (SSSR count). The van der Waals surface area contributed by atoms with Crippen LogP contribution in [0.25, 0.3) is 0 Å². The van der Waals surface area contributed by atoms with Gasteiger partial charge in [0.1, 0.15) is 0 Å². The summed E-state index contributed by atoms with van der Waals surface area (Å²) in [7, 11) is 1.71. The van der Waals surface area contributed by atoms with Gasteiger partial charge in [-0.2, -0.15) is 0 Å². The zero-order chi connectivity index (χ0) is 14.6. The van der Waals surface area contributed by atoms with Crippen molar-refractivity contribution in [1.82, 2.24) is 5.32 Å². The van der Waals surface area contributed by atoms with Crippen molar-refractivity contribution < 1.29 is 9.47 Å². The molecule has 0 aliphatic rings. The van der Waals surface area contributed by atoms with Gasteiger partial charge in [0.2, 0.25) is 0 Å². The molecule has 0 spiro atoms. The summed E-state index contributed by atoms with van der Waals surface area (Å²) in [4.78, 5) is 0. The van der Waals surface area contributed by atoms with E-state index >= 15 is 0 Å². The van der Waals surface area contributed by atoms with Gasteiger partial charge in [-0.3, -0.25) is 0 Å². The lowest BCUT2D eigenvalue weighted by molar-refractivity contribution is 0.135. The van der Waals surface area contributed by atoms with E-state index in [0.717, 1.165) is 52.2 Å². The quantitative estimate of drug-likeness (QED) is 0.632. The van der Waals surface area contributed by atoms with E-state index in [1.54, 1.807) is 7.11 Å². The van der Waals surface area contributed by atoms with Crippen LogP contribution >= 0.6 is 0 Å². The predicted octanol–water partition coefficient (Wildman–Crippen LogP) is 2.61. The summed E-state index contributed by atoms with van der Waals surface area (Å²) in [5, 5.41) is 3.27. The lowest BCUT2D eigenvalue weighted by Crippen LogP contribution is -2.23. The van der Waals surface area contributed by atoms with Crippen LogP contribution < -0.4 is 5.32 Å². The third-order valence-electron chi connectivity index (χ3n) is 3.47. The molecule has 20 heavy (non-hydrogen) atoms. The van der Waals surface area contributed by atoms with Crippen LogP contribution in [-0.4, -0.2) is 40.0 Å². The second-order valence-electron chi connectivity index (χ2n) is 4.92. The molecule has 1 aromatic carbocycles. The van der Waals surface area contributed by atoms with Gasteiger partial charge in [-0.05, 0) is 36.0 Å². The minimum absolute atomic E-state index is 0.754. The molecule has 0 atom stereocenters. The molecular formula is C17H29NO2. The number of ether oxygens (including phenoxy) is 2. The Hall–Kier alpha value is -0.900. The average Bonchev–Trinajstić information content (AvgIpc) is 2.49. The number of hydrogen-bond donors (Lipinski definition) is 1. The molecule has 0 saturated heterocycles. The summed E-state index contributed by atoms with van der Waals surface area (Å²) in [5.41, 5.74) is 4.33. The molecular weight excluding hydrogens is 250 g/mol. The SMILES string of the molecule is CCc1ccc(CCOCCNCCOC)cc1CC. The molecule has 0 aliphatic carbocycles. The third-order valence-corrected chi connectivity index (χ3v) is 3.47. The Labute approximate surface area is 123 Å². The Balaban J connectivity index is 2.18. The highest BCUT2D eigenvalue weighted by molar-refractivity contribution is 5.32. The topological polar surface area (TPSA) is 30.5 Å². The zero-order valence-corrected chi connectivity index (χ0v) is 13.2. The fourth-order valence-corrected chi connectivity index (χ4v) is 2.24. The van der Waals surface area contributed by atoms with Crippen LogP contribution in [0.1, 0.15) is 30.5 Å². The molecule has 0 unspecified atom stereocenters. The molecule has 0 aromatic heterocycles. The fraction of sp³-hybridized carbons (Fsp3) is 0.647. The largest absolute Gasteiger partial charge is 0.383 e. The number of benzene rings is 1. The van der Waals surface area contributed by atoms with Gasteiger partial charge in [-0.15, -0.1) is 0 Å². The van der Waals surface area contributed by atoms with Crippen LogP contribution in [0.5, 0.6) is 0 Å². The Morgan fingerprint density at radius 3 is 2.40 bits per heavy atom. The summed E-state index contributed by atoms with van der Waals surface area (Å²) in [5.74, 6) is 0. The van der Waals surface area contributed by atoms with Crippen LogP contribution in [0, 0.1) is 0 Å². The molecule has 0 fully saturated rings. The first-order valence-corrected chi connectivity index (χ1v) is 7.69. The van der Waals surface area contributed by atoms with Gasteiger partial charge < -0.3 is 14.8 Å². The highest BCUT2D eigenvalue weighted by atomic mass is 16.5. The summed E-state index contributed by atoms with van der Waals surface area (Å²) >= 11 is 0. The van der Waals surface area contributed by atoms with Crippen LogP contribution in [-0.2, 0) is 28.7 Å². The number of rotatable bonds is 11. The number of nitrogens with one attached hydrogen (secondary N) is 1. The highest BCUT2D eigenvalue weighted by Crippen LogP contribution is 2.14. The molecule has 0 saturated carbocycles. The van der Waals surface area contributed by atoms with Gasteiger partial charge in [0, 0.05) is 20.2 Å². The fourth-order valence-electron chi connectivity index (χ4n) is 2.24. The van der Waals surface area contributed by atoms with Crippen molar-refractivity contribution in [1.29, 1.82) is 0 Å². The van der Waals surface area contributed by atoms with Crippen molar-refractivity contribution in [2.75, 3.05) is 40.0 Å². The van der Waals surface area contributed by atoms with Gasteiger partial charge in [0.15, 0.2) is 0 Å². The lowest BCUT2D eigenvalue weighted by Gasteiger charge is -2.10. The number of aryl methyl sites for hydroxylation is 2. The molecule has 0 radical (unpaired) electrons. The van der Waals surface area contributed by atoms with Crippen LogP contribution in [0.4, 0.5) is 0 Å². The van der Waals surface area contributed by atoms with Crippen molar-refractivity contribution in [3.8, 4) is 0 Å². The van der Waals surface area contributed by atoms with Gasteiger partial charge in [-0.25, -0.2) is 0 Å². The van der Waals surface area contributed by atoms with Gasteiger partial charge in [0.25, 0.3) is 0 Å². The van der Waals surface area contributed by atoms with E-state index in [4.69, 9.17) is 9.47 Å². The van der Waals surface area contributed by atoms with Crippen LogP contribution in [0.2, 0.25) is 0 Å². The second-order valence-corrected chi connectivity index (χ2v) is 4.92. The number of hydrogen-bond acceptors (Lipinski definition) is 3. The zero-order valence-electron chi connectivity index (χ0n) is 13.2. The Morgan fingerprint density at radius 2 is 1.70 bits per heavy atom. The third kappa shape index (κ3) is 6.51. The van der Waals surface area contributed by atoms with Gasteiger partial charge in [0.05, 0.1) is 19.8 Å². The Morgan fingerprint density at radius 1 is 0.950 bits per heavy atom. The van der Waals surface area contributed by atoms with Crippen molar-refractivity contribution in [3.05, 3.63) is 34.9 Å². The molecule has 0 heterocycles. The first kappa shape index (κ1) is 17.2. The molecule has 3 nitrogen and oxygen atoms in total. The van der Waals surface area contributed by atoms with Crippen LogP contribution in [0.3, 0.4) is 0 Å². The maximum Gasteiger partial charge on any atom is 0.0591 e. The van der Waals surface area contributed by atoms with E-state index in [-0.39, 0.29) is 0 Å². The summed E-state index contributed by atoms with van der Waals surface area (Å²) < 4.78 is 10.6.